The quantitative estimate of drug-likeness (QED) is 0.352. The molecule has 4 rings (SSSR count). The molecule has 0 aromatic carbocycles. The minimum absolute atomic E-state index is 0.200. The summed E-state index contributed by atoms with van der Waals surface area (Å²) in [4.78, 5) is 12.2. The van der Waals surface area contributed by atoms with Crippen molar-refractivity contribution in [2.24, 2.45) is 46.3 Å². The normalized spacial score (nSPS) is 38.2. The van der Waals surface area contributed by atoms with Crippen LogP contribution in [0.15, 0.2) is 36.0 Å². The Balaban J connectivity index is 0.00000149. The second kappa shape index (κ2) is 10.7. The van der Waals surface area contributed by atoms with Gasteiger partial charge in [-0.15, -0.1) is 6.58 Å². The lowest BCUT2D eigenvalue weighted by Gasteiger charge is -2.58. The summed E-state index contributed by atoms with van der Waals surface area (Å²) in [6.07, 6.45) is 19.0. The second-order valence-electron chi connectivity index (χ2n) is 12.5. The lowest BCUT2D eigenvalue weighted by molar-refractivity contribution is -0.116. The van der Waals surface area contributed by atoms with E-state index in [2.05, 4.69) is 53.3 Å². The smallest absolute Gasteiger partial charge is 0.156 e. The van der Waals surface area contributed by atoms with E-state index in [9.17, 15) is 4.79 Å². The molecule has 0 amide bonds. The average molecular weight is 453 g/mol. The molecule has 0 spiro atoms. The third-order valence-corrected chi connectivity index (χ3v) is 10.3. The molecule has 5 unspecified atom stereocenters. The minimum Gasteiger partial charge on any atom is -0.295 e. The summed E-state index contributed by atoms with van der Waals surface area (Å²) in [7, 11) is 0. The summed E-state index contributed by atoms with van der Waals surface area (Å²) in [5, 5.41) is 0. The summed E-state index contributed by atoms with van der Waals surface area (Å²) < 4.78 is 0. The molecule has 4 aliphatic rings. The number of hydrogen-bond donors (Lipinski definition) is 0. The van der Waals surface area contributed by atoms with Gasteiger partial charge in [0.15, 0.2) is 5.78 Å². The fourth-order valence-corrected chi connectivity index (χ4v) is 8.60. The molecule has 0 aliphatic heterocycles. The van der Waals surface area contributed by atoms with Crippen LogP contribution in [0.3, 0.4) is 0 Å². The molecule has 1 nitrogen and oxygen atoms in total. The van der Waals surface area contributed by atoms with E-state index >= 15 is 0 Å². The number of carbonyl (C=O) groups excluding carboxylic acids is 1. The summed E-state index contributed by atoms with van der Waals surface area (Å²) in [6, 6.07) is 0. The molecule has 1 heteroatoms. The van der Waals surface area contributed by atoms with Crippen molar-refractivity contribution in [2.75, 3.05) is 0 Å². The van der Waals surface area contributed by atoms with Gasteiger partial charge in [0.1, 0.15) is 0 Å². The summed E-state index contributed by atoms with van der Waals surface area (Å²) in [6.45, 7) is 20.5. The predicted octanol–water partition coefficient (Wildman–Crippen LogP) is 9.35. The number of rotatable bonds is 7. The van der Waals surface area contributed by atoms with Gasteiger partial charge in [0.25, 0.3) is 0 Å². The van der Waals surface area contributed by atoms with Gasteiger partial charge in [0, 0.05) is 6.42 Å². The first-order valence-corrected chi connectivity index (χ1v) is 14.3. The molecule has 0 heterocycles. The van der Waals surface area contributed by atoms with Crippen LogP contribution in [0.1, 0.15) is 113 Å². The summed E-state index contributed by atoms with van der Waals surface area (Å²) >= 11 is 0. The molecule has 33 heavy (non-hydrogen) atoms. The van der Waals surface area contributed by atoms with Crippen molar-refractivity contribution in [1.82, 2.24) is 0 Å². The van der Waals surface area contributed by atoms with Gasteiger partial charge in [-0.25, -0.2) is 0 Å². The predicted molar refractivity (Wildman–Crippen MR) is 143 cm³/mol. The summed E-state index contributed by atoms with van der Waals surface area (Å²) in [5.41, 5.74) is 3.61. The van der Waals surface area contributed by atoms with Gasteiger partial charge in [0.05, 0.1) is 0 Å². The zero-order chi connectivity index (χ0) is 24.4. The van der Waals surface area contributed by atoms with Crippen LogP contribution in [0.5, 0.6) is 0 Å². The van der Waals surface area contributed by atoms with Gasteiger partial charge in [-0.1, -0.05) is 85.5 Å². The van der Waals surface area contributed by atoms with E-state index < -0.39 is 0 Å². The SMILES string of the molecule is C=CCC1=CC2=CC(=O)CC[C@]2(C)C2CC[C@]3(C)C(C(C)CCCC(C)C)CCC3C12.CC. The Morgan fingerprint density at radius 3 is 2.42 bits per heavy atom. The molecule has 0 N–H and O–H groups in total. The van der Waals surface area contributed by atoms with E-state index in [0.29, 0.717) is 23.0 Å². The maximum atomic E-state index is 12.2. The van der Waals surface area contributed by atoms with Crippen LogP contribution in [0.4, 0.5) is 0 Å². The topological polar surface area (TPSA) is 17.1 Å². The Bertz CT molecular complexity index is 769. The largest absolute Gasteiger partial charge is 0.295 e. The average Bonchev–Trinajstić information content (AvgIpc) is 3.13. The molecule has 4 aliphatic carbocycles. The third kappa shape index (κ3) is 4.85. The molecule has 186 valence electrons. The number of carbonyl (C=O) groups is 1. The highest BCUT2D eigenvalue weighted by Gasteiger charge is 2.59. The van der Waals surface area contributed by atoms with Crippen molar-refractivity contribution in [3.63, 3.8) is 0 Å². The van der Waals surface area contributed by atoms with Crippen LogP contribution in [0.25, 0.3) is 0 Å². The Labute approximate surface area is 205 Å². The van der Waals surface area contributed by atoms with Crippen molar-refractivity contribution in [2.45, 2.75) is 113 Å². The van der Waals surface area contributed by atoms with Gasteiger partial charge in [-0.05, 0) is 96.5 Å². The maximum Gasteiger partial charge on any atom is 0.156 e. The minimum atomic E-state index is 0.200. The molecule has 0 bridgehead atoms. The Kier molecular flexibility index (Phi) is 8.56. The first-order valence-electron chi connectivity index (χ1n) is 14.3. The molecule has 2 saturated carbocycles. The fourth-order valence-electron chi connectivity index (χ4n) is 8.60. The van der Waals surface area contributed by atoms with E-state index in [4.69, 9.17) is 0 Å². The van der Waals surface area contributed by atoms with Crippen molar-refractivity contribution < 1.29 is 4.79 Å². The number of ketones is 1. The highest BCUT2D eigenvalue weighted by molar-refractivity contribution is 5.92. The van der Waals surface area contributed by atoms with Crippen molar-refractivity contribution in [1.29, 1.82) is 0 Å². The number of hydrogen-bond acceptors (Lipinski definition) is 1. The lowest BCUT2D eigenvalue weighted by Crippen LogP contribution is -2.51. The molecule has 0 aromatic heterocycles. The molecule has 0 radical (unpaired) electrons. The van der Waals surface area contributed by atoms with Crippen LogP contribution >= 0.6 is 0 Å². The Morgan fingerprint density at radius 1 is 1.03 bits per heavy atom. The maximum absolute atomic E-state index is 12.2. The van der Waals surface area contributed by atoms with Crippen LogP contribution < -0.4 is 0 Å². The molecule has 7 atom stereocenters. The highest BCUT2D eigenvalue weighted by Crippen LogP contribution is 2.68. The number of fused-ring (bicyclic) bond motifs is 5. The van der Waals surface area contributed by atoms with Gasteiger partial charge in [-0.2, -0.15) is 0 Å². The highest BCUT2D eigenvalue weighted by atomic mass is 16.1. The van der Waals surface area contributed by atoms with Crippen molar-refractivity contribution in [3.8, 4) is 0 Å². The van der Waals surface area contributed by atoms with Gasteiger partial charge in [-0.3, -0.25) is 4.79 Å². The van der Waals surface area contributed by atoms with Crippen LogP contribution in [0, 0.1) is 46.3 Å². The zero-order valence-corrected chi connectivity index (χ0v) is 22.9. The Hall–Kier alpha value is -1.11. The van der Waals surface area contributed by atoms with E-state index in [-0.39, 0.29) is 5.41 Å². The lowest BCUT2D eigenvalue weighted by atomic mass is 9.46. The van der Waals surface area contributed by atoms with Crippen molar-refractivity contribution in [3.05, 3.63) is 36.0 Å². The van der Waals surface area contributed by atoms with Gasteiger partial charge < -0.3 is 0 Å². The third-order valence-electron chi connectivity index (χ3n) is 10.3. The van der Waals surface area contributed by atoms with Crippen molar-refractivity contribution >= 4 is 5.78 Å². The summed E-state index contributed by atoms with van der Waals surface area (Å²) in [5.74, 6) is 5.10. The standard InChI is InChI=1S/C30H46O.C2H6/c1-7-9-22-18-23-19-24(31)14-16-29(23,5)27-15-17-30(6)25(12-13-26(30)28(22)27)21(4)11-8-10-20(2)3;1-2/h7,18-21,25-28H,1,8-17H2,2-6H3;1-2H3/t21?,25?,26?,27?,28?,29-,30+;/m0./s1. The molecule has 0 aromatic rings. The van der Waals surface area contributed by atoms with Crippen LogP contribution in [-0.4, -0.2) is 5.78 Å². The second-order valence-corrected chi connectivity index (χ2v) is 12.5. The first-order chi connectivity index (χ1) is 15.7. The van der Waals surface area contributed by atoms with E-state index in [1.54, 1.807) is 5.57 Å². The molecule has 0 saturated heterocycles. The van der Waals surface area contributed by atoms with Crippen LogP contribution in [0.2, 0.25) is 0 Å². The first kappa shape index (κ1) is 26.5. The molecular weight excluding hydrogens is 400 g/mol. The monoisotopic (exact) mass is 452 g/mol. The van der Waals surface area contributed by atoms with Gasteiger partial charge >= 0.3 is 0 Å². The van der Waals surface area contributed by atoms with E-state index in [1.165, 1.54) is 50.5 Å². The fraction of sp³-hybridized carbons (Fsp3) is 0.781. The Morgan fingerprint density at radius 2 is 1.76 bits per heavy atom. The molecule has 2 fully saturated rings. The molecular formula is C32H52O. The van der Waals surface area contributed by atoms with Crippen LogP contribution in [-0.2, 0) is 4.79 Å². The van der Waals surface area contributed by atoms with E-state index in [0.717, 1.165) is 42.9 Å². The van der Waals surface area contributed by atoms with Gasteiger partial charge in [0.2, 0.25) is 0 Å². The number of allylic oxidation sites excluding steroid dienone is 5. The zero-order valence-electron chi connectivity index (χ0n) is 22.9. The van der Waals surface area contributed by atoms with E-state index in [1.807, 2.05) is 19.9 Å².